The van der Waals surface area contributed by atoms with Crippen LogP contribution in [0.25, 0.3) is 55.0 Å². The van der Waals surface area contributed by atoms with Crippen molar-refractivity contribution < 1.29 is 4.42 Å². The second-order valence-corrected chi connectivity index (χ2v) is 7.91. The van der Waals surface area contributed by atoms with E-state index >= 15 is 0 Å². The molecule has 0 saturated heterocycles. The molecule has 0 unspecified atom stereocenters. The van der Waals surface area contributed by atoms with Gasteiger partial charge in [-0.1, -0.05) is 56.3 Å². The molecule has 3 heterocycles. The number of hydrogen-bond donors (Lipinski definition) is 0. The van der Waals surface area contributed by atoms with Crippen LogP contribution in [0.2, 0.25) is 0 Å². The number of nitrogens with zero attached hydrogens (tertiary/aromatic N) is 3. The lowest BCUT2D eigenvalue weighted by molar-refractivity contribution is 0.655. The predicted octanol–water partition coefficient (Wildman–Crippen LogP) is 6.87. The molecule has 0 N–H and O–H groups in total. The van der Waals surface area contributed by atoms with Crippen molar-refractivity contribution in [1.29, 1.82) is 0 Å². The number of furan rings is 1. The zero-order valence-corrected chi connectivity index (χ0v) is 16.8. The van der Waals surface area contributed by atoms with E-state index in [1.54, 1.807) is 6.20 Å². The van der Waals surface area contributed by atoms with Crippen LogP contribution in [0.3, 0.4) is 0 Å². The first-order chi connectivity index (χ1) is 14.7. The van der Waals surface area contributed by atoms with E-state index in [9.17, 15) is 0 Å². The quantitative estimate of drug-likeness (QED) is 0.303. The molecule has 0 aliphatic rings. The van der Waals surface area contributed by atoms with Crippen molar-refractivity contribution in [3.63, 3.8) is 0 Å². The summed E-state index contributed by atoms with van der Waals surface area (Å²) >= 11 is 0. The van der Waals surface area contributed by atoms with Gasteiger partial charge in [0.15, 0.2) is 0 Å². The van der Waals surface area contributed by atoms with E-state index < -0.39 is 0 Å². The zero-order valence-electron chi connectivity index (χ0n) is 16.8. The van der Waals surface area contributed by atoms with Crippen molar-refractivity contribution in [2.24, 2.45) is 0 Å². The van der Waals surface area contributed by atoms with E-state index in [0.717, 1.165) is 49.7 Å². The molecular formula is C26H19N3O. The Hall–Kier alpha value is -3.79. The SMILES string of the molecule is CC(C)c1nc(-c2cccc3c2oc2ncccc23)c2ccc3ccccc3c2n1. The van der Waals surface area contributed by atoms with E-state index in [1.165, 1.54) is 5.39 Å². The van der Waals surface area contributed by atoms with Crippen molar-refractivity contribution in [2.45, 2.75) is 19.8 Å². The maximum Gasteiger partial charge on any atom is 0.227 e. The molecule has 0 atom stereocenters. The highest BCUT2D eigenvalue weighted by Crippen LogP contribution is 2.38. The van der Waals surface area contributed by atoms with Crippen LogP contribution in [0.4, 0.5) is 0 Å². The van der Waals surface area contributed by atoms with Gasteiger partial charge in [-0.05, 0) is 29.7 Å². The average Bonchev–Trinajstić information content (AvgIpc) is 3.17. The Kier molecular flexibility index (Phi) is 3.62. The van der Waals surface area contributed by atoms with Gasteiger partial charge in [-0.3, -0.25) is 0 Å². The topological polar surface area (TPSA) is 51.8 Å². The molecule has 0 saturated carbocycles. The van der Waals surface area contributed by atoms with Crippen molar-refractivity contribution in [3.05, 3.63) is 78.8 Å². The summed E-state index contributed by atoms with van der Waals surface area (Å²) in [6.45, 7) is 4.25. The van der Waals surface area contributed by atoms with E-state index in [0.29, 0.717) is 5.71 Å². The maximum absolute atomic E-state index is 6.20. The first-order valence-corrected chi connectivity index (χ1v) is 10.2. The summed E-state index contributed by atoms with van der Waals surface area (Å²) in [5.74, 6) is 1.05. The molecule has 4 heteroatoms. The van der Waals surface area contributed by atoms with Gasteiger partial charge in [-0.2, -0.15) is 0 Å². The minimum absolute atomic E-state index is 0.212. The summed E-state index contributed by atoms with van der Waals surface area (Å²) in [6, 6.07) is 22.8. The highest BCUT2D eigenvalue weighted by molar-refractivity contribution is 6.13. The van der Waals surface area contributed by atoms with Crippen LogP contribution in [0.1, 0.15) is 25.6 Å². The summed E-state index contributed by atoms with van der Waals surface area (Å²) in [7, 11) is 0. The van der Waals surface area contributed by atoms with Crippen molar-refractivity contribution >= 4 is 43.7 Å². The van der Waals surface area contributed by atoms with Crippen LogP contribution in [0.5, 0.6) is 0 Å². The lowest BCUT2D eigenvalue weighted by Gasteiger charge is -2.13. The van der Waals surface area contributed by atoms with Crippen LogP contribution in [0.15, 0.2) is 77.3 Å². The Balaban J connectivity index is 1.77. The summed E-state index contributed by atoms with van der Waals surface area (Å²) < 4.78 is 6.20. The minimum atomic E-state index is 0.212. The maximum atomic E-state index is 6.20. The molecule has 0 aliphatic heterocycles. The fourth-order valence-electron chi connectivity index (χ4n) is 4.16. The van der Waals surface area contributed by atoms with Crippen LogP contribution < -0.4 is 0 Å². The average molecular weight is 389 g/mol. The number of pyridine rings is 1. The Morgan fingerprint density at radius 3 is 2.47 bits per heavy atom. The second kappa shape index (κ2) is 6.36. The van der Waals surface area contributed by atoms with Gasteiger partial charge >= 0.3 is 0 Å². The minimum Gasteiger partial charge on any atom is -0.437 e. The first-order valence-electron chi connectivity index (χ1n) is 10.2. The molecule has 0 aliphatic carbocycles. The van der Waals surface area contributed by atoms with E-state index in [4.69, 9.17) is 14.4 Å². The Morgan fingerprint density at radius 2 is 1.57 bits per heavy atom. The molecule has 144 valence electrons. The lowest BCUT2D eigenvalue weighted by Crippen LogP contribution is -2.01. The summed E-state index contributed by atoms with van der Waals surface area (Å²) in [5.41, 5.74) is 4.31. The molecule has 6 rings (SSSR count). The van der Waals surface area contributed by atoms with Crippen LogP contribution in [-0.4, -0.2) is 15.0 Å². The van der Waals surface area contributed by atoms with Crippen LogP contribution in [-0.2, 0) is 0 Å². The molecule has 6 aromatic rings. The molecule has 0 bridgehead atoms. The molecule has 3 aromatic heterocycles. The summed E-state index contributed by atoms with van der Waals surface area (Å²) in [4.78, 5) is 14.4. The molecular weight excluding hydrogens is 370 g/mol. The molecule has 0 amide bonds. The first kappa shape index (κ1) is 17.1. The fourth-order valence-corrected chi connectivity index (χ4v) is 4.16. The van der Waals surface area contributed by atoms with Crippen molar-refractivity contribution in [3.8, 4) is 11.3 Å². The van der Waals surface area contributed by atoms with Gasteiger partial charge in [0.05, 0.1) is 11.2 Å². The fraction of sp³-hybridized carbons (Fsp3) is 0.115. The van der Waals surface area contributed by atoms with Gasteiger partial charge in [0, 0.05) is 39.2 Å². The van der Waals surface area contributed by atoms with Gasteiger partial charge < -0.3 is 4.42 Å². The molecule has 30 heavy (non-hydrogen) atoms. The van der Waals surface area contributed by atoms with E-state index in [-0.39, 0.29) is 5.92 Å². The highest BCUT2D eigenvalue weighted by Gasteiger charge is 2.18. The molecule has 4 nitrogen and oxygen atoms in total. The number of rotatable bonds is 2. The third-order valence-electron chi connectivity index (χ3n) is 5.66. The highest BCUT2D eigenvalue weighted by atomic mass is 16.3. The van der Waals surface area contributed by atoms with E-state index in [1.807, 2.05) is 12.1 Å². The number of hydrogen-bond acceptors (Lipinski definition) is 4. The zero-order chi connectivity index (χ0) is 20.2. The Morgan fingerprint density at radius 1 is 0.733 bits per heavy atom. The largest absolute Gasteiger partial charge is 0.437 e. The number of benzene rings is 3. The third-order valence-corrected chi connectivity index (χ3v) is 5.66. The van der Waals surface area contributed by atoms with Crippen molar-refractivity contribution in [1.82, 2.24) is 15.0 Å². The molecule has 0 radical (unpaired) electrons. The van der Waals surface area contributed by atoms with Gasteiger partial charge in [0.2, 0.25) is 5.71 Å². The van der Waals surface area contributed by atoms with Gasteiger partial charge in [0.1, 0.15) is 11.4 Å². The summed E-state index contributed by atoms with van der Waals surface area (Å²) in [6.07, 6.45) is 1.76. The lowest BCUT2D eigenvalue weighted by atomic mass is 9.99. The predicted molar refractivity (Wildman–Crippen MR) is 122 cm³/mol. The Bertz CT molecular complexity index is 1580. The normalized spacial score (nSPS) is 12.0. The second-order valence-electron chi connectivity index (χ2n) is 7.91. The number of para-hydroxylation sites is 1. The van der Waals surface area contributed by atoms with Gasteiger partial charge in [-0.15, -0.1) is 0 Å². The van der Waals surface area contributed by atoms with Gasteiger partial charge in [0.25, 0.3) is 0 Å². The van der Waals surface area contributed by atoms with Crippen molar-refractivity contribution in [2.75, 3.05) is 0 Å². The standard InChI is InChI=1S/C26H19N3O/c1-15(2)25-28-22-17-8-4-3-7-16(17)12-13-20(22)23(29-25)21-10-5-9-18-19-11-6-14-27-26(19)30-24(18)21/h3-15H,1-2H3. The Labute approximate surface area is 173 Å². The number of aromatic nitrogens is 3. The smallest absolute Gasteiger partial charge is 0.227 e. The molecule has 3 aromatic carbocycles. The van der Waals surface area contributed by atoms with Gasteiger partial charge in [-0.25, -0.2) is 15.0 Å². The molecule has 0 fully saturated rings. The third kappa shape index (κ3) is 2.43. The molecule has 0 spiro atoms. The van der Waals surface area contributed by atoms with E-state index in [2.05, 4.69) is 73.4 Å². The van der Waals surface area contributed by atoms with Crippen LogP contribution in [0, 0.1) is 0 Å². The van der Waals surface area contributed by atoms with Crippen LogP contribution >= 0.6 is 0 Å². The summed E-state index contributed by atoms with van der Waals surface area (Å²) in [5, 5.41) is 5.41. The number of fused-ring (bicyclic) bond motifs is 6. The monoisotopic (exact) mass is 389 g/mol.